The van der Waals surface area contributed by atoms with E-state index in [1.54, 1.807) is 0 Å². The van der Waals surface area contributed by atoms with Crippen LogP contribution < -0.4 is 10.5 Å². The monoisotopic (exact) mass is 191 g/mol. The summed E-state index contributed by atoms with van der Waals surface area (Å²) in [5, 5.41) is 0. The van der Waals surface area contributed by atoms with Crippen LogP contribution in [0, 0.1) is 0 Å². The fourth-order valence-electron chi connectivity index (χ4n) is 1.53. The molecule has 1 aromatic rings. The van der Waals surface area contributed by atoms with Gasteiger partial charge in [0.15, 0.2) is 0 Å². The molecule has 14 heavy (non-hydrogen) atoms. The molecular weight excluding hydrogens is 174 g/mol. The van der Waals surface area contributed by atoms with E-state index >= 15 is 0 Å². The number of ether oxygens (including phenoxy) is 1. The second kappa shape index (κ2) is 3.62. The molecule has 0 spiro atoms. The van der Waals surface area contributed by atoms with E-state index in [1.165, 1.54) is 5.56 Å². The van der Waals surface area contributed by atoms with Crippen LogP contribution >= 0.6 is 0 Å². The van der Waals surface area contributed by atoms with Gasteiger partial charge in [0.05, 0.1) is 0 Å². The highest BCUT2D eigenvalue weighted by molar-refractivity contribution is 5.28. The molecule has 0 saturated heterocycles. The van der Waals surface area contributed by atoms with E-state index in [9.17, 15) is 0 Å². The smallest absolute Gasteiger partial charge is 0.121 e. The molecule has 76 valence electrons. The van der Waals surface area contributed by atoms with Crippen LogP contribution in [0.1, 0.15) is 25.3 Å². The Morgan fingerprint density at radius 3 is 2.36 bits per heavy atom. The fourth-order valence-corrected chi connectivity index (χ4v) is 1.53. The molecule has 0 unspecified atom stereocenters. The highest BCUT2D eigenvalue weighted by atomic mass is 16.5. The molecule has 0 aromatic heterocycles. The maximum absolute atomic E-state index is 5.84. The van der Waals surface area contributed by atoms with Gasteiger partial charge in [0.25, 0.3) is 0 Å². The van der Waals surface area contributed by atoms with Crippen LogP contribution in [-0.4, -0.2) is 12.1 Å². The van der Waals surface area contributed by atoms with Crippen LogP contribution in [0.15, 0.2) is 24.3 Å². The van der Waals surface area contributed by atoms with Gasteiger partial charge in [-0.05, 0) is 37.0 Å². The zero-order chi connectivity index (χ0) is 10.0. The molecule has 1 aromatic carbocycles. The van der Waals surface area contributed by atoms with Gasteiger partial charge < -0.3 is 10.5 Å². The van der Waals surface area contributed by atoms with Gasteiger partial charge in [-0.3, -0.25) is 0 Å². The summed E-state index contributed by atoms with van der Waals surface area (Å²) in [7, 11) is 0. The third kappa shape index (κ3) is 1.90. The molecule has 1 aliphatic rings. The molecule has 2 heteroatoms. The van der Waals surface area contributed by atoms with Gasteiger partial charge in [-0.1, -0.05) is 19.1 Å². The van der Waals surface area contributed by atoms with Crippen molar-refractivity contribution >= 4 is 0 Å². The van der Waals surface area contributed by atoms with Crippen molar-refractivity contribution in [1.82, 2.24) is 0 Å². The highest BCUT2D eigenvalue weighted by Crippen LogP contribution is 2.39. The van der Waals surface area contributed by atoms with Gasteiger partial charge in [0.1, 0.15) is 11.4 Å². The minimum absolute atomic E-state index is 0.0340. The van der Waals surface area contributed by atoms with E-state index < -0.39 is 0 Å². The fraction of sp³-hybridized carbons (Fsp3) is 0.500. The highest BCUT2D eigenvalue weighted by Gasteiger charge is 2.44. The molecule has 0 heterocycles. The van der Waals surface area contributed by atoms with E-state index in [4.69, 9.17) is 10.5 Å². The lowest BCUT2D eigenvalue weighted by molar-refractivity contribution is 0.187. The van der Waals surface area contributed by atoms with Crippen LogP contribution in [0.2, 0.25) is 0 Å². The third-order valence-corrected chi connectivity index (χ3v) is 2.85. The van der Waals surface area contributed by atoms with Gasteiger partial charge >= 0.3 is 0 Å². The Balaban J connectivity index is 2.03. The number of hydrogen-bond donors (Lipinski definition) is 1. The lowest BCUT2D eigenvalue weighted by Crippen LogP contribution is -2.28. The first-order valence-corrected chi connectivity index (χ1v) is 5.26. The van der Waals surface area contributed by atoms with Crippen LogP contribution in [-0.2, 0) is 6.42 Å². The van der Waals surface area contributed by atoms with E-state index in [1.807, 2.05) is 12.1 Å². The van der Waals surface area contributed by atoms with Crippen molar-refractivity contribution < 1.29 is 4.74 Å². The Bertz CT molecular complexity index is 301. The van der Waals surface area contributed by atoms with Crippen LogP contribution in [0.25, 0.3) is 0 Å². The first kappa shape index (κ1) is 9.53. The second-order valence-electron chi connectivity index (χ2n) is 3.99. The van der Waals surface area contributed by atoms with E-state index in [-0.39, 0.29) is 5.60 Å². The van der Waals surface area contributed by atoms with Gasteiger partial charge in [-0.2, -0.15) is 0 Å². The Kier molecular flexibility index (Phi) is 2.46. The summed E-state index contributed by atoms with van der Waals surface area (Å²) in [6.07, 6.45) is 3.26. The summed E-state index contributed by atoms with van der Waals surface area (Å²) in [4.78, 5) is 0. The first-order valence-electron chi connectivity index (χ1n) is 5.26. The van der Waals surface area contributed by atoms with E-state index in [0.29, 0.717) is 6.54 Å². The first-order chi connectivity index (χ1) is 6.78. The van der Waals surface area contributed by atoms with Crippen molar-refractivity contribution in [2.75, 3.05) is 6.54 Å². The molecule has 1 fully saturated rings. The number of nitrogens with two attached hydrogens (primary N) is 1. The number of benzene rings is 1. The van der Waals surface area contributed by atoms with Crippen LogP contribution in [0.5, 0.6) is 5.75 Å². The number of hydrogen-bond acceptors (Lipinski definition) is 2. The standard InChI is InChI=1S/C12H17NO/c1-2-10-3-5-11(6-4-10)14-12(9-13)7-8-12/h3-6H,2,7-9,13H2,1H3. The van der Waals surface area contributed by atoms with E-state index in [0.717, 1.165) is 25.0 Å². The Labute approximate surface area is 85.1 Å². The van der Waals surface area contributed by atoms with Crippen molar-refractivity contribution in [3.8, 4) is 5.75 Å². The molecule has 1 aliphatic carbocycles. The molecule has 2 N–H and O–H groups in total. The van der Waals surface area contributed by atoms with Crippen molar-refractivity contribution in [3.05, 3.63) is 29.8 Å². The lowest BCUT2D eigenvalue weighted by Gasteiger charge is -2.15. The van der Waals surface area contributed by atoms with Gasteiger partial charge in [0.2, 0.25) is 0 Å². The molecule has 2 nitrogen and oxygen atoms in total. The largest absolute Gasteiger partial charge is 0.486 e. The Morgan fingerprint density at radius 2 is 1.93 bits per heavy atom. The second-order valence-corrected chi connectivity index (χ2v) is 3.99. The summed E-state index contributed by atoms with van der Waals surface area (Å²) in [6.45, 7) is 2.78. The molecule has 0 radical (unpaired) electrons. The zero-order valence-electron chi connectivity index (χ0n) is 8.62. The molecule has 0 atom stereocenters. The minimum atomic E-state index is -0.0340. The van der Waals surface area contributed by atoms with E-state index in [2.05, 4.69) is 19.1 Å². The van der Waals surface area contributed by atoms with Gasteiger partial charge in [-0.25, -0.2) is 0 Å². The predicted octanol–water partition coefficient (Wildman–Crippen LogP) is 2.12. The maximum atomic E-state index is 5.84. The van der Waals surface area contributed by atoms with Crippen molar-refractivity contribution in [3.63, 3.8) is 0 Å². The summed E-state index contributed by atoms with van der Waals surface area (Å²) >= 11 is 0. The normalized spacial score (nSPS) is 17.9. The molecule has 2 rings (SSSR count). The molecule has 0 amide bonds. The molecule has 0 bridgehead atoms. The average molecular weight is 191 g/mol. The van der Waals surface area contributed by atoms with Crippen molar-refractivity contribution in [2.45, 2.75) is 31.8 Å². The summed E-state index contributed by atoms with van der Waals surface area (Å²) in [5.74, 6) is 0.949. The number of rotatable bonds is 4. The summed E-state index contributed by atoms with van der Waals surface area (Å²) < 4.78 is 5.84. The van der Waals surface area contributed by atoms with Gasteiger partial charge in [0, 0.05) is 6.54 Å². The average Bonchev–Trinajstić information content (AvgIpc) is 3.00. The Hall–Kier alpha value is -1.02. The predicted molar refractivity (Wildman–Crippen MR) is 57.5 cm³/mol. The molecular formula is C12H17NO. The zero-order valence-corrected chi connectivity index (χ0v) is 8.62. The molecule has 1 saturated carbocycles. The SMILES string of the molecule is CCc1ccc(OC2(CN)CC2)cc1. The van der Waals surface area contributed by atoms with Crippen LogP contribution in [0.4, 0.5) is 0 Å². The summed E-state index contributed by atoms with van der Waals surface area (Å²) in [5.41, 5.74) is 6.96. The van der Waals surface area contributed by atoms with Crippen molar-refractivity contribution in [2.24, 2.45) is 5.73 Å². The topological polar surface area (TPSA) is 35.2 Å². The summed E-state index contributed by atoms with van der Waals surface area (Å²) in [6, 6.07) is 8.30. The van der Waals surface area contributed by atoms with Crippen molar-refractivity contribution in [1.29, 1.82) is 0 Å². The minimum Gasteiger partial charge on any atom is -0.486 e. The lowest BCUT2D eigenvalue weighted by atomic mass is 10.2. The van der Waals surface area contributed by atoms with Crippen LogP contribution in [0.3, 0.4) is 0 Å². The molecule has 0 aliphatic heterocycles. The maximum Gasteiger partial charge on any atom is 0.121 e. The quantitative estimate of drug-likeness (QED) is 0.791. The Morgan fingerprint density at radius 1 is 1.29 bits per heavy atom. The number of aryl methyl sites for hydroxylation is 1. The third-order valence-electron chi connectivity index (χ3n) is 2.85. The van der Waals surface area contributed by atoms with Gasteiger partial charge in [-0.15, -0.1) is 0 Å².